The van der Waals surface area contributed by atoms with Crippen LogP contribution in [-0.4, -0.2) is 34.1 Å². The Morgan fingerprint density at radius 3 is 2.27 bits per heavy atom. The highest BCUT2D eigenvalue weighted by Crippen LogP contribution is 2.34. The van der Waals surface area contributed by atoms with Gasteiger partial charge in [-0.3, -0.25) is 9.10 Å². The van der Waals surface area contributed by atoms with E-state index >= 15 is 0 Å². The van der Waals surface area contributed by atoms with Crippen LogP contribution in [0.5, 0.6) is 17.2 Å². The average molecular weight is 581 g/mol. The highest BCUT2D eigenvalue weighted by molar-refractivity contribution is 7.92. The molecule has 0 fully saturated rings. The summed E-state index contributed by atoms with van der Waals surface area (Å²) in [6, 6.07) is 22.2. The number of carbonyl (C=O) groups excluding carboxylic acids is 1. The molecule has 1 amide bonds. The minimum Gasteiger partial charge on any atom is -0.489 e. The fraction of sp³-hybridized carbons (Fsp3) is 0.167. The quantitative estimate of drug-likeness (QED) is 0.289. The third kappa shape index (κ3) is 6.93. The van der Waals surface area contributed by atoms with Crippen LogP contribution in [0.2, 0.25) is 0 Å². The summed E-state index contributed by atoms with van der Waals surface area (Å²) in [6.07, 6.45) is 0. The van der Waals surface area contributed by atoms with E-state index in [4.69, 9.17) is 14.2 Å². The first-order valence-corrected chi connectivity index (χ1v) is 14.1. The van der Waals surface area contributed by atoms with Crippen LogP contribution < -0.4 is 23.8 Å². The number of anilines is 1. The van der Waals surface area contributed by atoms with Crippen LogP contribution in [0, 0.1) is 11.6 Å². The topological polar surface area (TPSA) is 94.2 Å². The van der Waals surface area contributed by atoms with E-state index in [0.717, 1.165) is 21.5 Å². The van der Waals surface area contributed by atoms with Crippen molar-refractivity contribution < 1.29 is 36.2 Å². The number of hydrogen-bond donors (Lipinski definition) is 1. The summed E-state index contributed by atoms with van der Waals surface area (Å²) in [7, 11) is -4.29. The molecule has 0 atom stereocenters. The third-order valence-corrected chi connectivity index (χ3v) is 7.99. The van der Waals surface area contributed by atoms with Crippen LogP contribution in [0.25, 0.3) is 0 Å². The SMILES string of the molecule is O=C(CN(c1cccc(F)c1)S(=O)(=O)c1ccc2c(c1)OCCO2)NCc1ccc(OCc2ccc(F)cc2)cc1. The standard InChI is InChI=1S/C30H26F2N2O6S/c31-23-8-4-22(5-9-23)20-40-26-10-6-21(7-11-26)18-33-30(35)19-34(25-3-1-2-24(32)16-25)41(36,37)27-12-13-28-29(17-27)39-15-14-38-28/h1-13,16-17H,14-15,18-20H2,(H,33,35). The summed E-state index contributed by atoms with van der Waals surface area (Å²) in [5.41, 5.74) is 1.56. The van der Waals surface area contributed by atoms with Gasteiger partial charge in [0.15, 0.2) is 11.5 Å². The number of carbonyl (C=O) groups is 1. The molecule has 1 aliphatic heterocycles. The van der Waals surface area contributed by atoms with Gasteiger partial charge in [-0.05, 0) is 65.7 Å². The lowest BCUT2D eigenvalue weighted by atomic mass is 10.2. The van der Waals surface area contributed by atoms with Crippen molar-refractivity contribution in [3.63, 3.8) is 0 Å². The Morgan fingerprint density at radius 2 is 1.54 bits per heavy atom. The molecule has 0 aliphatic carbocycles. The van der Waals surface area contributed by atoms with E-state index in [1.54, 1.807) is 36.4 Å². The molecule has 1 heterocycles. The van der Waals surface area contributed by atoms with Crippen LogP contribution in [0.4, 0.5) is 14.5 Å². The van der Waals surface area contributed by atoms with Crippen molar-refractivity contribution >= 4 is 21.6 Å². The number of benzene rings is 4. The number of sulfonamides is 1. The van der Waals surface area contributed by atoms with E-state index < -0.39 is 28.3 Å². The fourth-order valence-corrected chi connectivity index (χ4v) is 5.52. The molecule has 1 aliphatic rings. The second kappa shape index (κ2) is 12.3. The van der Waals surface area contributed by atoms with Gasteiger partial charge in [0.1, 0.15) is 43.7 Å². The van der Waals surface area contributed by atoms with Gasteiger partial charge in [0.05, 0.1) is 10.6 Å². The molecule has 8 nitrogen and oxygen atoms in total. The highest BCUT2D eigenvalue weighted by atomic mass is 32.2. The van der Waals surface area contributed by atoms with E-state index in [1.807, 2.05) is 0 Å². The Morgan fingerprint density at radius 1 is 0.829 bits per heavy atom. The molecule has 4 aromatic carbocycles. The first-order chi connectivity index (χ1) is 19.8. The number of fused-ring (bicyclic) bond motifs is 1. The fourth-order valence-electron chi connectivity index (χ4n) is 4.10. The molecule has 0 saturated carbocycles. The second-order valence-electron chi connectivity index (χ2n) is 9.13. The molecule has 1 N–H and O–H groups in total. The van der Waals surface area contributed by atoms with Gasteiger partial charge in [0.2, 0.25) is 5.91 Å². The highest BCUT2D eigenvalue weighted by Gasteiger charge is 2.29. The summed E-state index contributed by atoms with van der Waals surface area (Å²) in [5, 5.41) is 2.71. The smallest absolute Gasteiger partial charge is 0.264 e. The van der Waals surface area contributed by atoms with E-state index in [2.05, 4.69) is 5.32 Å². The number of nitrogens with one attached hydrogen (secondary N) is 1. The monoisotopic (exact) mass is 580 g/mol. The van der Waals surface area contributed by atoms with Crippen molar-refractivity contribution in [1.29, 1.82) is 0 Å². The van der Waals surface area contributed by atoms with E-state index in [0.29, 0.717) is 18.1 Å². The largest absolute Gasteiger partial charge is 0.489 e. The van der Waals surface area contributed by atoms with Gasteiger partial charge in [0.25, 0.3) is 10.0 Å². The number of halogens is 2. The predicted molar refractivity (Wildman–Crippen MR) is 147 cm³/mol. The van der Waals surface area contributed by atoms with Crippen LogP contribution in [0.3, 0.4) is 0 Å². The van der Waals surface area contributed by atoms with Crippen LogP contribution in [0.15, 0.2) is 95.9 Å². The van der Waals surface area contributed by atoms with E-state index in [9.17, 15) is 22.0 Å². The van der Waals surface area contributed by atoms with E-state index in [1.165, 1.54) is 48.5 Å². The van der Waals surface area contributed by atoms with Crippen LogP contribution in [0.1, 0.15) is 11.1 Å². The normalized spacial score (nSPS) is 12.4. The molecular weight excluding hydrogens is 554 g/mol. The number of ether oxygens (including phenoxy) is 3. The predicted octanol–water partition coefficient (Wildman–Crippen LogP) is 4.83. The first kappa shape index (κ1) is 27.9. The molecular formula is C30H26F2N2O6S. The number of amides is 1. The van der Waals surface area contributed by atoms with Crippen molar-refractivity contribution in [1.82, 2.24) is 5.32 Å². The molecule has 5 rings (SSSR count). The van der Waals surface area contributed by atoms with Gasteiger partial charge in [-0.15, -0.1) is 0 Å². The van der Waals surface area contributed by atoms with Gasteiger partial charge >= 0.3 is 0 Å². The number of hydrogen-bond acceptors (Lipinski definition) is 6. The molecule has 41 heavy (non-hydrogen) atoms. The van der Waals surface area contributed by atoms with Gasteiger partial charge in [-0.2, -0.15) is 0 Å². The minimum atomic E-state index is -4.29. The Kier molecular flexibility index (Phi) is 8.34. The zero-order valence-electron chi connectivity index (χ0n) is 21.8. The van der Waals surface area contributed by atoms with Gasteiger partial charge in [0, 0.05) is 12.6 Å². The number of rotatable bonds is 10. The molecule has 0 bridgehead atoms. The van der Waals surface area contributed by atoms with Crippen LogP contribution in [-0.2, 0) is 28.0 Å². The second-order valence-corrected chi connectivity index (χ2v) is 11.0. The summed E-state index contributed by atoms with van der Waals surface area (Å²) in [6.45, 7) is 0.426. The molecule has 0 unspecified atom stereocenters. The molecule has 0 radical (unpaired) electrons. The Bertz CT molecular complexity index is 1630. The molecule has 4 aromatic rings. The van der Waals surface area contributed by atoms with Crippen molar-refractivity contribution in [3.05, 3.63) is 114 Å². The summed E-state index contributed by atoms with van der Waals surface area (Å²) < 4.78 is 72.0. The molecule has 0 aromatic heterocycles. The lowest BCUT2D eigenvalue weighted by Gasteiger charge is -2.25. The summed E-state index contributed by atoms with van der Waals surface area (Å²) in [5.74, 6) is -0.283. The Balaban J connectivity index is 1.26. The van der Waals surface area contributed by atoms with Gasteiger partial charge in [-0.1, -0.05) is 30.3 Å². The van der Waals surface area contributed by atoms with Crippen molar-refractivity contribution in [3.8, 4) is 17.2 Å². The van der Waals surface area contributed by atoms with Crippen LogP contribution >= 0.6 is 0 Å². The summed E-state index contributed by atoms with van der Waals surface area (Å²) >= 11 is 0. The summed E-state index contributed by atoms with van der Waals surface area (Å²) in [4.78, 5) is 12.8. The van der Waals surface area contributed by atoms with E-state index in [-0.39, 0.29) is 41.9 Å². The van der Waals surface area contributed by atoms with Crippen molar-refractivity contribution in [2.75, 3.05) is 24.1 Å². The maximum Gasteiger partial charge on any atom is 0.264 e. The lowest BCUT2D eigenvalue weighted by molar-refractivity contribution is -0.119. The lowest BCUT2D eigenvalue weighted by Crippen LogP contribution is -2.40. The first-order valence-electron chi connectivity index (χ1n) is 12.7. The maximum atomic E-state index is 14.1. The zero-order valence-corrected chi connectivity index (χ0v) is 22.6. The Hall–Kier alpha value is -4.64. The Labute approximate surface area is 236 Å². The van der Waals surface area contributed by atoms with Gasteiger partial charge < -0.3 is 19.5 Å². The average Bonchev–Trinajstić information content (AvgIpc) is 2.98. The molecule has 212 valence electrons. The van der Waals surface area contributed by atoms with Crippen molar-refractivity contribution in [2.45, 2.75) is 18.0 Å². The van der Waals surface area contributed by atoms with Crippen molar-refractivity contribution in [2.24, 2.45) is 0 Å². The minimum absolute atomic E-state index is 0.00213. The zero-order chi connectivity index (χ0) is 28.8. The maximum absolute atomic E-state index is 14.1. The molecule has 11 heteroatoms. The molecule has 0 spiro atoms. The van der Waals surface area contributed by atoms with Gasteiger partial charge in [-0.25, -0.2) is 17.2 Å². The third-order valence-electron chi connectivity index (χ3n) is 6.22. The molecule has 0 saturated heterocycles. The number of nitrogens with zero attached hydrogens (tertiary/aromatic N) is 1.